The number of carboxylic acid groups (broad SMARTS) is 1. The summed E-state index contributed by atoms with van der Waals surface area (Å²) >= 11 is 4.35. The molecule has 27 heavy (non-hydrogen) atoms. The summed E-state index contributed by atoms with van der Waals surface area (Å²) < 4.78 is 0. The smallest absolute Gasteiger partial charge is 0.303 e. The number of allylic oxidation sites excluding steroid dienone is 1. The van der Waals surface area contributed by atoms with Crippen LogP contribution in [0.5, 0.6) is 0 Å². The predicted molar refractivity (Wildman–Crippen MR) is 112 cm³/mol. The maximum Gasteiger partial charge on any atom is 0.303 e. The standard InChI is InChI=1S/C23H21NO2S/c25-23(26)9-2-1-8-22(20-7-4-14-24-16-20)19-6-3-5-18(15-19)17-10-12-21(27)13-11-17/h3-8,10-16,27H,1-2,9H2,(H,25,26)/b22-8+. The van der Waals surface area contributed by atoms with Crippen LogP contribution >= 0.6 is 12.6 Å². The quantitative estimate of drug-likeness (QED) is 0.410. The van der Waals surface area contributed by atoms with Crippen molar-refractivity contribution >= 4 is 24.2 Å². The number of hydrogen-bond donors (Lipinski definition) is 2. The van der Waals surface area contributed by atoms with E-state index in [1.807, 2.05) is 36.5 Å². The van der Waals surface area contributed by atoms with Gasteiger partial charge in [-0.25, -0.2) is 0 Å². The lowest BCUT2D eigenvalue weighted by Gasteiger charge is -2.11. The van der Waals surface area contributed by atoms with Gasteiger partial charge in [-0.2, -0.15) is 0 Å². The molecule has 0 saturated carbocycles. The number of carbonyl (C=O) groups is 1. The largest absolute Gasteiger partial charge is 0.481 e. The summed E-state index contributed by atoms with van der Waals surface area (Å²) in [5.41, 5.74) is 5.44. The zero-order valence-electron chi connectivity index (χ0n) is 14.9. The van der Waals surface area contributed by atoms with Crippen LogP contribution < -0.4 is 0 Å². The molecular formula is C23H21NO2S. The number of aromatic nitrogens is 1. The third-order valence-electron chi connectivity index (χ3n) is 4.29. The molecule has 0 atom stereocenters. The van der Waals surface area contributed by atoms with Gasteiger partial charge in [0.2, 0.25) is 0 Å². The minimum absolute atomic E-state index is 0.174. The van der Waals surface area contributed by atoms with Gasteiger partial charge >= 0.3 is 5.97 Å². The number of benzene rings is 2. The molecule has 0 saturated heterocycles. The van der Waals surface area contributed by atoms with Gasteiger partial charge in [0.05, 0.1) is 0 Å². The number of hydrogen-bond acceptors (Lipinski definition) is 3. The summed E-state index contributed by atoms with van der Waals surface area (Å²) in [6.45, 7) is 0. The first kappa shape index (κ1) is 18.9. The Morgan fingerprint density at radius 3 is 2.48 bits per heavy atom. The number of aliphatic carboxylic acids is 1. The Kier molecular flexibility index (Phi) is 6.44. The molecule has 3 nitrogen and oxygen atoms in total. The van der Waals surface area contributed by atoms with E-state index in [0.29, 0.717) is 12.8 Å². The number of rotatable bonds is 7. The fraction of sp³-hybridized carbons (Fsp3) is 0.130. The molecule has 0 spiro atoms. The number of nitrogens with zero attached hydrogens (tertiary/aromatic N) is 1. The molecular weight excluding hydrogens is 354 g/mol. The van der Waals surface area contributed by atoms with E-state index in [4.69, 9.17) is 5.11 Å². The Morgan fingerprint density at radius 2 is 1.78 bits per heavy atom. The zero-order valence-corrected chi connectivity index (χ0v) is 15.8. The first-order valence-corrected chi connectivity index (χ1v) is 9.30. The summed E-state index contributed by atoms with van der Waals surface area (Å²) in [5.74, 6) is -0.763. The molecule has 0 bridgehead atoms. The maximum absolute atomic E-state index is 10.8. The van der Waals surface area contributed by atoms with Gasteiger partial charge in [-0.3, -0.25) is 9.78 Å². The molecule has 0 fully saturated rings. The fourth-order valence-electron chi connectivity index (χ4n) is 2.94. The van der Waals surface area contributed by atoms with Gasteiger partial charge in [-0.1, -0.05) is 42.5 Å². The van der Waals surface area contributed by atoms with Crippen molar-refractivity contribution in [2.24, 2.45) is 0 Å². The monoisotopic (exact) mass is 375 g/mol. The van der Waals surface area contributed by atoms with E-state index in [1.165, 1.54) is 0 Å². The van der Waals surface area contributed by atoms with E-state index in [9.17, 15) is 4.79 Å². The highest BCUT2D eigenvalue weighted by atomic mass is 32.1. The van der Waals surface area contributed by atoms with E-state index in [2.05, 4.69) is 54.0 Å². The predicted octanol–water partition coefficient (Wildman–Crippen LogP) is 5.72. The van der Waals surface area contributed by atoms with Crippen LogP contribution in [0.25, 0.3) is 16.7 Å². The molecule has 3 aromatic rings. The topological polar surface area (TPSA) is 50.2 Å². The summed E-state index contributed by atoms with van der Waals surface area (Å²) in [4.78, 5) is 15.9. The van der Waals surface area contributed by atoms with Crippen molar-refractivity contribution in [3.05, 3.63) is 90.3 Å². The highest BCUT2D eigenvalue weighted by molar-refractivity contribution is 7.80. The Bertz CT molecular complexity index is 934. The van der Waals surface area contributed by atoms with Crippen LogP contribution in [0.4, 0.5) is 0 Å². The van der Waals surface area contributed by atoms with Gasteiger partial charge in [0, 0.05) is 29.3 Å². The van der Waals surface area contributed by atoms with Crippen molar-refractivity contribution in [2.45, 2.75) is 24.2 Å². The van der Waals surface area contributed by atoms with Crippen LogP contribution in [-0.4, -0.2) is 16.1 Å². The molecule has 1 N–H and O–H groups in total. The second-order valence-electron chi connectivity index (χ2n) is 6.27. The highest BCUT2D eigenvalue weighted by Crippen LogP contribution is 2.28. The minimum atomic E-state index is -0.763. The molecule has 0 aliphatic carbocycles. The Hall–Kier alpha value is -2.85. The molecule has 0 aliphatic rings. The first-order chi connectivity index (χ1) is 13.1. The van der Waals surface area contributed by atoms with Gasteiger partial charge in [0.1, 0.15) is 0 Å². The molecule has 4 heteroatoms. The highest BCUT2D eigenvalue weighted by Gasteiger charge is 2.07. The molecule has 0 radical (unpaired) electrons. The van der Waals surface area contributed by atoms with Crippen molar-refractivity contribution in [3.63, 3.8) is 0 Å². The van der Waals surface area contributed by atoms with Crippen molar-refractivity contribution in [3.8, 4) is 11.1 Å². The van der Waals surface area contributed by atoms with Crippen LogP contribution in [-0.2, 0) is 4.79 Å². The summed E-state index contributed by atoms with van der Waals surface area (Å²) in [5, 5.41) is 8.86. The van der Waals surface area contributed by atoms with Gasteiger partial charge in [-0.15, -0.1) is 12.6 Å². The molecule has 0 amide bonds. The van der Waals surface area contributed by atoms with Gasteiger partial charge in [-0.05, 0) is 59.4 Å². The van der Waals surface area contributed by atoms with E-state index in [-0.39, 0.29) is 6.42 Å². The summed E-state index contributed by atoms with van der Waals surface area (Å²) in [6, 6.07) is 20.4. The van der Waals surface area contributed by atoms with Crippen LogP contribution in [0.2, 0.25) is 0 Å². The molecule has 0 unspecified atom stereocenters. The van der Waals surface area contributed by atoms with Gasteiger partial charge in [0.15, 0.2) is 0 Å². The van der Waals surface area contributed by atoms with E-state index in [0.717, 1.165) is 32.7 Å². The average molecular weight is 375 g/mol. The molecule has 3 rings (SSSR count). The Labute approximate surface area is 164 Å². The molecule has 2 aromatic carbocycles. The minimum Gasteiger partial charge on any atom is -0.481 e. The van der Waals surface area contributed by atoms with Crippen LogP contribution in [0.3, 0.4) is 0 Å². The normalized spacial score (nSPS) is 11.4. The van der Waals surface area contributed by atoms with Crippen LogP contribution in [0.15, 0.2) is 84.0 Å². The second kappa shape index (κ2) is 9.19. The summed E-state index contributed by atoms with van der Waals surface area (Å²) in [6.07, 6.45) is 7.19. The molecule has 136 valence electrons. The SMILES string of the molecule is O=C(O)CCC/C=C(/c1cccnc1)c1cccc(-c2ccc(S)cc2)c1. The number of pyridine rings is 1. The fourth-order valence-corrected chi connectivity index (χ4v) is 3.09. The lowest BCUT2D eigenvalue weighted by molar-refractivity contribution is -0.137. The van der Waals surface area contributed by atoms with E-state index in [1.54, 1.807) is 6.20 Å². The van der Waals surface area contributed by atoms with Crippen molar-refractivity contribution in [2.75, 3.05) is 0 Å². The zero-order chi connectivity index (χ0) is 19.1. The van der Waals surface area contributed by atoms with Crippen LogP contribution in [0.1, 0.15) is 30.4 Å². The number of thiol groups is 1. The van der Waals surface area contributed by atoms with Crippen molar-refractivity contribution in [1.29, 1.82) is 0 Å². The lowest BCUT2D eigenvalue weighted by atomic mass is 9.94. The average Bonchev–Trinajstić information content (AvgIpc) is 2.69. The number of carboxylic acids is 1. The Morgan fingerprint density at radius 1 is 1.00 bits per heavy atom. The van der Waals surface area contributed by atoms with Crippen LogP contribution in [0, 0.1) is 0 Å². The second-order valence-corrected chi connectivity index (χ2v) is 6.79. The number of unbranched alkanes of at least 4 members (excludes halogenated alkanes) is 1. The lowest BCUT2D eigenvalue weighted by Crippen LogP contribution is -1.94. The maximum atomic E-state index is 10.8. The van der Waals surface area contributed by atoms with Gasteiger partial charge < -0.3 is 5.11 Å². The third kappa shape index (κ3) is 5.31. The molecule has 1 heterocycles. The molecule has 0 aliphatic heterocycles. The third-order valence-corrected chi connectivity index (χ3v) is 4.59. The Balaban J connectivity index is 1.94. The first-order valence-electron chi connectivity index (χ1n) is 8.85. The van der Waals surface area contributed by atoms with Gasteiger partial charge in [0.25, 0.3) is 0 Å². The van der Waals surface area contributed by atoms with Crippen molar-refractivity contribution in [1.82, 2.24) is 4.98 Å². The van der Waals surface area contributed by atoms with Crippen molar-refractivity contribution < 1.29 is 9.90 Å². The van der Waals surface area contributed by atoms with E-state index >= 15 is 0 Å². The van der Waals surface area contributed by atoms with E-state index < -0.39 is 5.97 Å². The molecule has 1 aromatic heterocycles. The summed E-state index contributed by atoms with van der Waals surface area (Å²) in [7, 11) is 0.